The molecule has 0 bridgehead atoms. The normalized spacial score (nSPS) is 21.8. The number of carbonyl (C=O) groups excluding carboxylic acids is 2. The van der Waals surface area contributed by atoms with Crippen molar-refractivity contribution in [2.45, 2.75) is 42.6 Å². The van der Waals surface area contributed by atoms with Gasteiger partial charge in [-0.1, -0.05) is 59.6 Å². The summed E-state index contributed by atoms with van der Waals surface area (Å²) in [5, 5.41) is 26.4. The smallest absolute Gasteiger partial charge is 0.325 e. The van der Waals surface area contributed by atoms with Gasteiger partial charge in [-0.15, -0.1) is 10.2 Å². The second-order valence-corrected chi connectivity index (χ2v) is 15.0. The summed E-state index contributed by atoms with van der Waals surface area (Å²) in [6.45, 7) is 3.61. The number of hydrogen-bond donors (Lipinski definition) is 3. The maximum atomic E-state index is 14.2. The molecule has 1 aromatic heterocycles. The third kappa shape index (κ3) is 7.53. The number of carbonyl (C=O) groups is 3. The van der Waals surface area contributed by atoms with E-state index in [-0.39, 0.29) is 25.0 Å². The number of morpholine rings is 1. The number of carboxylic acids is 1. The van der Waals surface area contributed by atoms with E-state index in [1.54, 1.807) is 24.3 Å². The number of amides is 2. The number of carboxylic acid groups (broad SMARTS) is 1. The fraction of sp³-hybridized carbons (Fsp3) is 0.421. The standard InChI is InChI=1S/C38H42Cl2N8O6/c1-53-32-10-7-25(33-41-44-45-42-33)21-28(32)34(49)47-18-12-37(24-47,27-8-9-29(39)30(40)22-27)11-15-46-16-13-38(14-17-46,26-5-3-2-4-6-26)36(52)43-48-19-20-54-23-31(48)35(50)51/h2-10,21-22,31H,11-20,23-24H2,1H3,(H,43,52)(H,50,51)(H,41,42,44,45). The van der Waals surface area contributed by atoms with Crippen LogP contribution in [0, 0.1) is 0 Å². The van der Waals surface area contributed by atoms with Crippen molar-refractivity contribution in [1.29, 1.82) is 0 Å². The Morgan fingerprint density at radius 1 is 0.981 bits per heavy atom. The second kappa shape index (κ2) is 16.0. The van der Waals surface area contributed by atoms with E-state index in [9.17, 15) is 19.5 Å². The van der Waals surface area contributed by atoms with Crippen LogP contribution < -0.4 is 10.2 Å². The van der Waals surface area contributed by atoms with Gasteiger partial charge in [-0.2, -0.15) is 5.21 Å². The van der Waals surface area contributed by atoms with Gasteiger partial charge in [0.1, 0.15) is 11.8 Å². The molecule has 3 aliphatic heterocycles. The first-order chi connectivity index (χ1) is 26.1. The van der Waals surface area contributed by atoms with E-state index in [0.717, 1.165) is 24.1 Å². The van der Waals surface area contributed by atoms with Crippen molar-refractivity contribution >= 4 is 41.0 Å². The fourth-order valence-corrected chi connectivity index (χ4v) is 8.34. The molecule has 14 nitrogen and oxygen atoms in total. The van der Waals surface area contributed by atoms with Crippen molar-refractivity contribution in [3.05, 3.63) is 93.5 Å². The number of methoxy groups -OCH3 is 1. The predicted molar refractivity (Wildman–Crippen MR) is 200 cm³/mol. The SMILES string of the molecule is COc1ccc(-c2nn[nH]n2)cc1C(=O)N1CCC(CCN2CCC(C(=O)NN3CCOCC3C(=O)O)(c3ccccc3)CC2)(c2ccc(Cl)c(Cl)c2)C1. The molecule has 54 heavy (non-hydrogen) atoms. The van der Waals surface area contributed by atoms with E-state index in [0.29, 0.717) is 84.8 Å². The molecule has 0 saturated carbocycles. The van der Waals surface area contributed by atoms with E-state index >= 15 is 0 Å². The largest absolute Gasteiger partial charge is 0.496 e. The highest BCUT2D eigenvalue weighted by molar-refractivity contribution is 6.42. The Labute approximate surface area is 322 Å². The molecule has 4 heterocycles. The number of aromatic amines is 1. The highest BCUT2D eigenvalue weighted by Gasteiger charge is 2.46. The molecule has 0 spiro atoms. The summed E-state index contributed by atoms with van der Waals surface area (Å²) in [6, 6.07) is 19.7. The van der Waals surface area contributed by atoms with Gasteiger partial charge in [-0.05, 0) is 92.0 Å². The van der Waals surface area contributed by atoms with Crippen molar-refractivity contribution in [1.82, 2.24) is 40.9 Å². The number of H-pyrrole nitrogens is 1. The van der Waals surface area contributed by atoms with Crippen molar-refractivity contribution < 1.29 is 29.0 Å². The number of nitrogens with one attached hydrogen (secondary N) is 2. The van der Waals surface area contributed by atoms with Gasteiger partial charge in [0, 0.05) is 30.6 Å². The molecule has 4 aromatic rings. The number of rotatable bonds is 11. The number of benzene rings is 3. The van der Waals surface area contributed by atoms with E-state index in [2.05, 4.69) is 30.9 Å². The summed E-state index contributed by atoms with van der Waals surface area (Å²) in [4.78, 5) is 44.6. The predicted octanol–water partition coefficient (Wildman–Crippen LogP) is 4.21. The van der Waals surface area contributed by atoms with E-state index in [1.165, 1.54) is 12.1 Å². The molecule has 2 unspecified atom stereocenters. The molecule has 7 rings (SSSR count). The number of aromatic nitrogens is 4. The molecule has 0 aliphatic carbocycles. The van der Waals surface area contributed by atoms with Gasteiger partial charge in [0.2, 0.25) is 11.7 Å². The van der Waals surface area contributed by atoms with E-state index in [1.807, 2.05) is 47.4 Å². The first-order valence-corrected chi connectivity index (χ1v) is 18.7. The topological polar surface area (TPSA) is 166 Å². The lowest BCUT2D eigenvalue weighted by Gasteiger charge is -2.44. The van der Waals surface area contributed by atoms with E-state index in [4.69, 9.17) is 32.7 Å². The molecular weight excluding hydrogens is 735 g/mol. The lowest BCUT2D eigenvalue weighted by atomic mass is 9.71. The maximum Gasteiger partial charge on any atom is 0.325 e. The summed E-state index contributed by atoms with van der Waals surface area (Å²) in [6.07, 6.45) is 2.53. The first kappa shape index (κ1) is 37.7. The number of piperidine rings is 1. The zero-order valence-electron chi connectivity index (χ0n) is 29.8. The Balaban J connectivity index is 1.09. The number of ether oxygens (including phenoxy) is 2. The molecule has 3 fully saturated rings. The van der Waals surface area contributed by atoms with Crippen LogP contribution in [0.1, 0.15) is 47.2 Å². The minimum absolute atomic E-state index is 0.00548. The number of hydrogen-bond acceptors (Lipinski definition) is 10. The van der Waals surface area contributed by atoms with Gasteiger partial charge in [0.05, 0.1) is 41.3 Å². The quantitative estimate of drug-likeness (QED) is 0.200. The third-order valence-electron chi connectivity index (χ3n) is 11.2. The number of aliphatic carboxylic acids is 1. The minimum atomic E-state index is -1.04. The van der Waals surface area contributed by atoms with Crippen LogP contribution in [0.2, 0.25) is 10.0 Å². The van der Waals surface area contributed by atoms with Gasteiger partial charge in [0.25, 0.3) is 5.91 Å². The molecule has 284 valence electrons. The van der Waals surface area contributed by atoms with Crippen LogP contribution >= 0.6 is 23.2 Å². The minimum Gasteiger partial charge on any atom is -0.496 e. The zero-order valence-corrected chi connectivity index (χ0v) is 31.4. The van der Waals surface area contributed by atoms with Crippen LogP contribution in [0.3, 0.4) is 0 Å². The Bertz CT molecular complexity index is 1980. The fourth-order valence-electron chi connectivity index (χ4n) is 8.04. The first-order valence-electron chi connectivity index (χ1n) is 18.0. The number of halogens is 2. The average Bonchev–Trinajstić information content (AvgIpc) is 3.90. The maximum absolute atomic E-state index is 14.2. The Kier molecular flexibility index (Phi) is 11.2. The van der Waals surface area contributed by atoms with Gasteiger partial charge < -0.3 is 24.4 Å². The molecule has 2 atom stereocenters. The van der Waals surface area contributed by atoms with Crippen LogP contribution in [-0.2, 0) is 25.2 Å². The Morgan fingerprint density at radius 3 is 2.48 bits per heavy atom. The summed E-state index contributed by atoms with van der Waals surface area (Å²) in [7, 11) is 1.54. The van der Waals surface area contributed by atoms with Crippen LogP contribution in [-0.4, -0.2) is 124 Å². The molecule has 0 radical (unpaired) electrons. The third-order valence-corrected chi connectivity index (χ3v) is 12.0. The summed E-state index contributed by atoms with van der Waals surface area (Å²) < 4.78 is 11.0. The van der Waals surface area contributed by atoms with Gasteiger partial charge in [0.15, 0.2) is 0 Å². The molecule has 3 N–H and O–H groups in total. The lowest BCUT2D eigenvalue weighted by Crippen LogP contribution is -2.62. The molecule has 3 aliphatic rings. The molecule has 2 amide bonds. The summed E-state index contributed by atoms with van der Waals surface area (Å²) in [5.41, 5.74) is 4.66. The Morgan fingerprint density at radius 2 is 1.78 bits per heavy atom. The van der Waals surface area contributed by atoms with Crippen LogP contribution in [0.25, 0.3) is 11.4 Å². The number of likely N-dealkylation sites (tertiary alicyclic amines) is 2. The Hall–Kier alpha value is -4.60. The monoisotopic (exact) mass is 776 g/mol. The average molecular weight is 778 g/mol. The van der Waals surface area contributed by atoms with Crippen molar-refractivity contribution in [3.8, 4) is 17.1 Å². The van der Waals surface area contributed by atoms with Gasteiger partial charge >= 0.3 is 5.97 Å². The second-order valence-electron chi connectivity index (χ2n) is 14.1. The van der Waals surface area contributed by atoms with Crippen molar-refractivity contribution in [2.75, 3.05) is 59.6 Å². The highest BCUT2D eigenvalue weighted by Crippen LogP contribution is 2.42. The van der Waals surface area contributed by atoms with Gasteiger partial charge in [-0.3, -0.25) is 19.8 Å². The molecule has 16 heteroatoms. The number of hydrazine groups is 1. The lowest BCUT2D eigenvalue weighted by molar-refractivity contribution is -0.156. The van der Waals surface area contributed by atoms with Crippen molar-refractivity contribution in [3.63, 3.8) is 0 Å². The van der Waals surface area contributed by atoms with Gasteiger partial charge in [-0.25, -0.2) is 5.01 Å². The number of tetrazole rings is 1. The molecule has 3 aromatic carbocycles. The number of nitrogens with zero attached hydrogens (tertiary/aromatic N) is 6. The molecule has 3 saturated heterocycles. The van der Waals surface area contributed by atoms with E-state index < -0.39 is 22.8 Å². The van der Waals surface area contributed by atoms with Crippen LogP contribution in [0.5, 0.6) is 5.75 Å². The summed E-state index contributed by atoms with van der Waals surface area (Å²) >= 11 is 12.9. The zero-order chi connectivity index (χ0) is 37.9. The molecular formula is C38H42Cl2N8O6. The van der Waals surface area contributed by atoms with Crippen molar-refractivity contribution in [2.24, 2.45) is 0 Å². The van der Waals surface area contributed by atoms with Crippen LogP contribution in [0.4, 0.5) is 0 Å². The highest BCUT2D eigenvalue weighted by atomic mass is 35.5. The summed E-state index contributed by atoms with van der Waals surface area (Å²) in [5.74, 6) is -0.596. The van der Waals surface area contributed by atoms with Crippen LogP contribution in [0.15, 0.2) is 66.7 Å².